The van der Waals surface area contributed by atoms with Crippen molar-refractivity contribution in [3.63, 3.8) is 0 Å². The van der Waals surface area contributed by atoms with Gasteiger partial charge in [0.15, 0.2) is 11.9 Å². The number of ether oxygens (including phenoxy) is 2. The van der Waals surface area contributed by atoms with E-state index in [-0.39, 0.29) is 0 Å². The number of carbonyl (C=O) groups excluding carboxylic acids is 2. The van der Waals surface area contributed by atoms with Gasteiger partial charge in [-0.15, -0.1) is 0 Å². The normalized spacial score (nSPS) is 13.0. The summed E-state index contributed by atoms with van der Waals surface area (Å²) in [6.45, 7) is 1.56. The maximum Gasteiger partial charge on any atom is 0.339 e. The Balaban J connectivity index is 2.24. The lowest BCUT2D eigenvalue weighted by atomic mass is 9.97. The Bertz CT molecular complexity index is 619. The summed E-state index contributed by atoms with van der Waals surface area (Å²) in [6, 6.07) is 15.4. The lowest BCUT2D eigenvalue weighted by Gasteiger charge is -2.24. The summed E-state index contributed by atoms with van der Waals surface area (Å²) in [5.74, 6) is 0.127. The number of esters is 1. The van der Waals surface area contributed by atoms with E-state index in [0.29, 0.717) is 23.2 Å². The highest BCUT2D eigenvalue weighted by Gasteiger charge is 2.31. The first-order valence-electron chi connectivity index (χ1n) is 6.48. The van der Waals surface area contributed by atoms with E-state index >= 15 is 0 Å². The third-order valence-electron chi connectivity index (χ3n) is 3.20. The molecule has 4 heteroatoms. The molecule has 1 atom stereocenters. The topological polar surface area (TPSA) is 52.6 Å². The average Bonchev–Trinajstić information content (AvgIpc) is 2.55. The number of benzene rings is 2. The first-order chi connectivity index (χ1) is 10.1. The predicted octanol–water partition coefficient (Wildman–Crippen LogP) is 2.97. The van der Waals surface area contributed by atoms with Crippen LogP contribution in [0.1, 0.15) is 22.8 Å². The molecule has 0 aliphatic heterocycles. The van der Waals surface area contributed by atoms with Crippen molar-refractivity contribution in [2.24, 2.45) is 0 Å². The molecular weight excluding hydrogens is 268 g/mol. The van der Waals surface area contributed by atoms with Crippen molar-refractivity contribution in [1.29, 1.82) is 0 Å². The molecule has 2 aromatic carbocycles. The molecule has 0 fully saturated rings. The van der Waals surface area contributed by atoms with Crippen LogP contribution in [0.4, 0.5) is 0 Å². The van der Waals surface area contributed by atoms with Crippen LogP contribution in [-0.2, 0) is 15.1 Å². The van der Waals surface area contributed by atoms with Gasteiger partial charge in [-0.1, -0.05) is 30.3 Å². The van der Waals surface area contributed by atoms with Gasteiger partial charge >= 0.3 is 5.97 Å². The van der Waals surface area contributed by atoms with Crippen LogP contribution >= 0.6 is 0 Å². The Labute approximate surface area is 123 Å². The van der Waals surface area contributed by atoms with E-state index < -0.39 is 11.6 Å². The number of methoxy groups -OCH3 is 1. The van der Waals surface area contributed by atoms with Crippen LogP contribution in [0, 0.1) is 0 Å². The molecule has 0 amide bonds. The fraction of sp³-hybridized carbons (Fsp3) is 0.176. The molecule has 0 aliphatic rings. The van der Waals surface area contributed by atoms with Crippen molar-refractivity contribution in [2.45, 2.75) is 12.5 Å². The fourth-order valence-electron chi connectivity index (χ4n) is 1.90. The van der Waals surface area contributed by atoms with Crippen molar-refractivity contribution in [3.8, 4) is 5.75 Å². The first-order valence-corrected chi connectivity index (χ1v) is 6.48. The van der Waals surface area contributed by atoms with Crippen LogP contribution < -0.4 is 4.74 Å². The molecule has 0 aromatic heterocycles. The number of carbonyl (C=O) groups is 2. The Morgan fingerprint density at radius 3 is 2.19 bits per heavy atom. The van der Waals surface area contributed by atoms with Gasteiger partial charge in [-0.05, 0) is 31.2 Å². The van der Waals surface area contributed by atoms with Gasteiger partial charge in [-0.3, -0.25) is 4.79 Å². The average molecular weight is 284 g/mol. The zero-order chi connectivity index (χ0) is 15.3. The molecule has 0 bridgehead atoms. The monoisotopic (exact) mass is 284 g/mol. The maximum atomic E-state index is 12.1. The van der Waals surface area contributed by atoms with Gasteiger partial charge in [0.2, 0.25) is 0 Å². The SMILES string of the molecule is COc1ccc([C@](C)(C=O)OC(=O)c2ccccc2)cc1. The largest absolute Gasteiger partial charge is 0.497 e. The molecule has 4 nitrogen and oxygen atoms in total. The maximum absolute atomic E-state index is 12.1. The molecule has 0 saturated carbocycles. The lowest BCUT2D eigenvalue weighted by Crippen LogP contribution is -2.30. The summed E-state index contributed by atoms with van der Waals surface area (Å²) in [6.07, 6.45) is 0.621. The minimum atomic E-state index is -1.33. The number of hydrogen-bond acceptors (Lipinski definition) is 4. The molecule has 0 aliphatic carbocycles. The van der Waals surface area contributed by atoms with E-state index in [1.165, 1.54) is 0 Å². The molecule has 2 rings (SSSR count). The highest BCUT2D eigenvalue weighted by atomic mass is 16.6. The van der Waals surface area contributed by atoms with Gasteiger partial charge in [0.25, 0.3) is 0 Å². The van der Waals surface area contributed by atoms with Crippen molar-refractivity contribution in [1.82, 2.24) is 0 Å². The molecule has 108 valence electrons. The van der Waals surface area contributed by atoms with Crippen molar-refractivity contribution in [2.75, 3.05) is 7.11 Å². The second kappa shape index (κ2) is 6.22. The second-order valence-electron chi connectivity index (χ2n) is 4.71. The standard InChI is InChI=1S/C17H16O4/c1-17(12-18,14-8-10-15(20-2)11-9-14)21-16(19)13-6-4-3-5-7-13/h3-12H,1-2H3/t17-/m0/s1. The first kappa shape index (κ1) is 14.8. The summed E-state index contributed by atoms with van der Waals surface area (Å²) in [4.78, 5) is 23.5. The van der Waals surface area contributed by atoms with Crippen molar-refractivity contribution in [3.05, 3.63) is 65.7 Å². The molecule has 21 heavy (non-hydrogen) atoms. The smallest absolute Gasteiger partial charge is 0.339 e. The number of rotatable bonds is 5. The summed E-state index contributed by atoms with van der Waals surface area (Å²) in [7, 11) is 1.56. The molecule has 0 saturated heterocycles. The minimum Gasteiger partial charge on any atom is -0.497 e. The predicted molar refractivity (Wildman–Crippen MR) is 78.3 cm³/mol. The Kier molecular flexibility index (Phi) is 4.38. The highest BCUT2D eigenvalue weighted by Crippen LogP contribution is 2.26. The van der Waals surface area contributed by atoms with Crippen LogP contribution in [0.3, 0.4) is 0 Å². The fourth-order valence-corrected chi connectivity index (χ4v) is 1.90. The molecule has 0 N–H and O–H groups in total. The van der Waals surface area contributed by atoms with Crippen LogP contribution in [0.25, 0.3) is 0 Å². The molecule has 0 radical (unpaired) electrons. The van der Waals surface area contributed by atoms with Crippen LogP contribution in [0.15, 0.2) is 54.6 Å². The van der Waals surface area contributed by atoms with Gasteiger partial charge in [0, 0.05) is 5.56 Å². The second-order valence-corrected chi connectivity index (χ2v) is 4.71. The van der Waals surface area contributed by atoms with Gasteiger partial charge in [0.1, 0.15) is 5.75 Å². The summed E-state index contributed by atoms with van der Waals surface area (Å²) in [5, 5.41) is 0. The van der Waals surface area contributed by atoms with E-state index in [9.17, 15) is 9.59 Å². The van der Waals surface area contributed by atoms with E-state index in [0.717, 1.165) is 0 Å². The summed E-state index contributed by atoms with van der Waals surface area (Å²) < 4.78 is 10.5. The molecule has 0 heterocycles. The highest BCUT2D eigenvalue weighted by molar-refractivity contribution is 5.91. The van der Waals surface area contributed by atoms with E-state index in [1.54, 1.807) is 68.6 Å². The van der Waals surface area contributed by atoms with Crippen LogP contribution in [0.5, 0.6) is 5.75 Å². The minimum absolute atomic E-state index is 0.402. The third-order valence-corrected chi connectivity index (χ3v) is 3.20. The Morgan fingerprint density at radius 1 is 1.05 bits per heavy atom. The Hall–Kier alpha value is -2.62. The third kappa shape index (κ3) is 3.28. The van der Waals surface area contributed by atoms with Crippen molar-refractivity contribution < 1.29 is 19.1 Å². The van der Waals surface area contributed by atoms with Gasteiger partial charge in [-0.25, -0.2) is 4.79 Å². The van der Waals surface area contributed by atoms with Crippen LogP contribution in [-0.4, -0.2) is 19.4 Å². The molecule has 0 unspecified atom stereocenters. The van der Waals surface area contributed by atoms with E-state index in [4.69, 9.17) is 9.47 Å². The van der Waals surface area contributed by atoms with Crippen LogP contribution in [0.2, 0.25) is 0 Å². The summed E-state index contributed by atoms with van der Waals surface area (Å²) >= 11 is 0. The van der Waals surface area contributed by atoms with Gasteiger partial charge in [-0.2, -0.15) is 0 Å². The number of aldehydes is 1. The quantitative estimate of drug-likeness (QED) is 0.625. The number of hydrogen-bond donors (Lipinski definition) is 0. The summed E-state index contributed by atoms with van der Waals surface area (Å²) in [5.41, 5.74) is -0.346. The van der Waals surface area contributed by atoms with Gasteiger partial charge < -0.3 is 9.47 Å². The van der Waals surface area contributed by atoms with Crippen molar-refractivity contribution >= 4 is 12.3 Å². The zero-order valence-electron chi connectivity index (χ0n) is 11.9. The van der Waals surface area contributed by atoms with E-state index in [2.05, 4.69) is 0 Å². The molecule has 0 spiro atoms. The van der Waals surface area contributed by atoms with E-state index in [1.807, 2.05) is 0 Å². The molecule has 2 aromatic rings. The lowest BCUT2D eigenvalue weighted by molar-refractivity contribution is -0.124. The zero-order valence-corrected chi connectivity index (χ0v) is 11.9. The van der Waals surface area contributed by atoms with Gasteiger partial charge in [0.05, 0.1) is 12.7 Å². The Morgan fingerprint density at radius 2 is 1.67 bits per heavy atom. The molecular formula is C17H16O4.